The molecule has 0 saturated heterocycles. The molecule has 0 radical (unpaired) electrons. The number of rotatable bonds is 7. The molecule has 0 fully saturated rings. The number of carbonyl (C=O) groups is 1. The standard InChI is InChI=1S/C12H15N3O3/c1-2-7-13-9-12(16)14-8-10-3-5-11(6-4-10)15(17)18/h2-6,13H,1,7-9H2,(H,14,16). The van der Waals surface area contributed by atoms with Crippen LogP contribution in [0.2, 0.25) is 0 Å². The van der Waals surface area contributed by atoms with Gasteiger partial charge >= 0.3 is 0 Å². The highest BCUT2D eigenvalue weighted by atomic mass is 16.6. The predicted octanol–water partition coefficient (Wildman–Crippen LogP) is 0.987. The molecular formula is C12H15N3O3. The number of nitro benzene ring substituents is 1. The van der Waals surface area contributed by atoms with Gasteiger partial charge in [0.25, 0.3) is 5.69 Å². The van der Waals surface area contributed by atoms with Gasteiger partial charge in [-0.3, -0.25) is 14.9 Å². The lowest BCUT2D eigenvalue weighted by Crippen LogP contribution is -2.33. The quantitative estimate of drug-likeness (QED) is 0.326. The minimum atomic E-state index is -0.457. The van der Waals surface area contributed by atoms with E-state index in [-0.39, 0.29) is 18.1 Å². The minimum Gasteiger partial charge on any atom is -0.351 e. The number of non-ortho nitro benzene ring substituents is 1. The Balaban J connectivity index is 2.36. The van der Waals surface area contributed by atoms with Gasteiger partial charge < -0.3 is 10.6 Å². The summed E-state index contributed by atoms with van der Waals surface area (Å²) in [5.74, 6) is -0.129. The fourth-order valence-electron chi connectivity index (χ4n) is 1.29. The van der Waals surface area contributed by atoms with Crippen LogP contribution in [0.1, 0.15) is 5.56 Å². The Morgan fingerprint density at radius 2 is 2.06 bits per heavy atom. The Morgan fingerprint density at radius 1 is 1.39 bits per heavy atom. The van der Waals surface area contributed by atoms with Crippen LogP contribution < -0.4 is 10.6 Å². The number of carbonyl (C=O) groups excluding carboxylic acids is 1. The number of nitrogens with one attached hydrogen (secondary N) is 2. The second kappa shape index (κ2) is 7.18. The molecule has 0 unspecified atom stereocenters. The van der Waals surface area contributed by atoms with Crippen LogP contribution in [0.4, 0.5) is 5.69 Å². The highest BCUT2D eigenvalue weighted by Gasteiger charge is 2.04. The van der Waals surface area contributed by atoms with Crippen molar-refractivity contribution in [1.29, 1.82) is 0 Å². The van der Waals surface area contributed by atoms with Crippen LogP contribution in [0.3, 0.4) is 0 Å². The van der Waals surface area contributed by atoms with E-state index in [2.05, 4.69) is 17.2 Å². The Bertz CT molecular complexity index is 429. The SMILES string of the molecule is C=CCNCC(=O)NCc1ccc([N+](=O)[O-])cc1. The Hall–Kier alpha value is -2.21. The normalized spacial score (nSPS) is 9.78. The summed E-state index contributed by atoms with van der Waals surface area (Å²) in [4.78, 5) is 21.3. The van der Waals surface area contributed by atoms with Gasteiger partial charge in [0.15, 0.2) is 0 Å². The van der Waals surface area contributed by atoms with Crippen molar-refractivity contribution in [1.82, 2.24) is 10.6 Å². The Labute approximate surface area is 105 Å². The molecule has 2 N–H and O–H groups in total. The first-order valence-corrected chi connectivity index (χ1v) is 5.45. The second-order valence-corrected chi connectivity index (χ2v) is 3.62. The summed E-state index contributed by atoms with van der Waals surface area (Å²) in [6, 6.07) is 6.07. The van der Waals surface area contributed by atoms with Crippen LogP contribution in [0, 0.1) is 10.1 Å². The molecular weight excluding hydrogens is 234 g/mol. The molecule has 0 atom stereocenters. The molecule has 0 bridgehead atoms. The third-order valence-corrected chi connectivity index (χ3v) is 2.21. The van der Waals surface area contributed by atoms with E-state index >= 15 is 0 Å². The molecule has 1 rings (SSSR count). The van der Waals surface area contributed by atoms with Gasteiger partial charge in [0, 0.05) is 25.2 Å². The van der Waals surface area contributed by atoms with Crippen molar-refractivity contribution < 1.29 is 9.72 Å². The molecule has 0 spiro atoms. The first-order valence-electron chi connectivity index (χ1n) is 5.45. The monoisotopic (exact) mass is 249 g/mol. The van der Waals surface area contributed by atoms with Crippen molar-refractivity contribution in [3.8, 4) is 0 Å². The predicted molar refractivity (Wildman–Crippen MR) is 68.0 cm³/mol. The first kappa shape index (κ1) is 13.9. The van der Waals surface area contributed by atoms with Crippen molar-refractivity contribution in [2.75, 3.05) is 13.1 Å². The number of nitrogens with zero attached hydrogens (tertiary/aromatic N) is 1. The lowest BCUT2D eigenvalue weighted by molar-refractivity contribution is -0.384. The molecule has 0 saturated carbocycles. The zero-order valence-electron chi connectivity index (χ0n) is 9.89. The Kier molecular flexibility index (Phi) is 5.53. The lowest BCUT2D eigenvalue weighted by atomic mass is 10.2. The molecule has 0 heterocycles. The van der Waals surface area contributed by atoms with Gasteiger partial charge in [-0.1, -0.05) is 18.2 Å². The number of amides is 1. The lowest BCUT2D eigenvalue weighted by Gasteiger charge is -2.05. The highest BCUT2D eigenvalue weighted by Crippen LogP contribution is 2.11. The van der Waals surface area contributed by atoms with Crippen LogP contribution >= 0.6 is 0 Å². The van der Waals surface area contributed by atoms with Gasteiger partial charge in [-0.05, 0) is 5.56 Å². The molecule has 96 valence electrons. The summed E-state index contributed by atoms with van der Waals surface area (Å²) in [5, 5.41) is 16.0. The van der Waals surface area contributed by atoms with E-state index in [0.29, 0.717) is 13.1 Å². The third-order valence-electron chi connectivity index (χ3n) is 2.21. The van der Waals surface area contributed by atoms with Crippen molar-refractivity contribution in [3.63, 3.8) is 0 Å². The van der Waals surface area contributed by atoms with E-state index in [1.165, 1.54) is 12.1 Å². The van der Waals surface area contributed by atoms with Gasteiger partial charge in [-0.25, -0.2) is 0 Å². The molecule has 0 aliphatic carbocycles. The smallest absolute Gasteiger partial charge is 0.269 e. The van der Waals surface area contributed by atoms with E-state index in [1.807, 2.05) is 0 Å². The van der Waals surface area contributed by atoms with E-state index in [1.54, 1.807) is 18.2 Å². The zero-order valence-corrected chi connectivity index (χ0v) is 9.89. The molecule has 1 aromatic carbocycles. The minimum absolute atomic E-state index is 0.0396. The van der Waals surface area contributed by atoms with Crippen molar-refractivity contribution in [3.05, 3.63) is 52.6 Å². The molecule has 0 aliphatic rings. The average Bonchev–Trinajstić information content (AvgIpc) is 2.37. The number of hydrogen-bond acceptors (Lipinski definition) is 4. The van der Waals surface area contributed by atoms with Gasteiger partial charge in [-0.15, -0.1) is 6.58 Å². The van der Waals surface area contributed by atoms with Crippen LogP contribution in [0.5, 0.6) is 0 Å². The summed E-state index contributed by atoms with van der Waals surface area (Å²) in [5.41, 5.74) is 0.857. The zero-order chi connectivity index (χ0) is 13.4. The maximum atomic E-state index is 11.4. The second-order valence-electron chi connectivity index (χ2n) is 3.62. The van der Waals surface area contributed by atoms with Crippen LogP contribution in [0.25, 0.3) is 0 Å². The van der Waals surface area contributed by atoms with Gasteiger partial charge in [0.1, 0.15) is 0 Å². The summed E-state index contributed by atoms with van der Waals surface area (Å²) >= 11 is 0. The molecule has 1 aromatic rings. The summed E-state index contributed by atoms with van der Waals surface area (Å²) in [7, 11) is 0. The summed E-state index contributed by atoms with van der Waals surface area (Å²) < 4.78 is 0. The van der Waals surface area contributed by atoms with Gasteiger partial charge in [0.2, 0.25) is 5.91 Å². The van der Waals surface area contributed by atoms with Crippen LogP contribution in [0.15, 0.2) is 36.9 Å². The van der Waals surface area contributed by atoms with Crippen molar-refractivity contribution in [2.24, 2.45) is 0 Å². The largest absolute Gasteiger partial charge is 0.351 e. The maximum absolute atomic E-state index is 11.4. The van der Waals surface area contributed by atoms with Gasteiger partial charge in [0.05, 0.1) is 11.5 Å². The highest BCUT2D eigenvalue weighted by molar-refractivity contribution is 5.77. The van der Waals surface area contributed by atoms with Crippen molar-refractivity contribution >= 4 is 11.6 Å². The summed E-state index contributed by atoms with van der Waals surface area (Å²) in [6.07, 6.45) is 1.67. The van der Waals surface area contributed by atoms with Gasteiger partial charge in [-0.2, -0.15) is 0 Å². The van der Waals surface area contributed by atoms with Crippen molar-refractivity contribution in [2.45, 2.75) is 6.54 Å². The van der Waals surface area contributed by atoms with E-state index in [9.17, 15) is 14.9 Å². The topological polar surface area (TPSA) is 84.3 Å². The van der Waals surface area contributed by atoms with E-state index < -0.39 is 4.92 Å². The van der Waals surface area contributed by atoms with E-state index in [0.717, 1.165) is 5.56 Å². The number of nitro groups is 1. The fourth-order valence-corrected chi connectivity index (χ4v) is 1.29. The molecule has 0 aromatic heterocycles. The molecule has 6 heteroatoms. The third kappa shape index (κ3) is 4.75. The molecule has 0 aliphatic heterocycles. The first-order chi connectivity index (χ1) is 8.63. The Morgan fingerprint density at radius 3 is 2.61 bits per heavy atom. The van der Waals surface area contributed by atoms with Crippen LogP contribution in [-0.2, 0) is 11.3 Å². The number of benzene rings is 1. The molecule has 6 nitrogen and oxygen atoms in total. The maximum Gasteiger partial charge on any atom is 0.269 e. The van der Waals surface area contributed by atoms with Crippen LogP contribution in [-0.4, -0.2) is 23.9 Å². The number of hydrogen-bond donors (Lipinski definition) is 2. The average molecular weight is 249 g/mol. The molecule has 1 amide bonds. The fraction of sp³-hybridized carbons (Fsp3) is 0.250. The molecule has 18 heavy (non-hydrogen) atoms. The summed E-state index contributed by atoms with van der Waals surface area (Å²) in [6.45, 7) is 4.67. The van der Waals surface area contributed by atoms with E-state index in [4.69, 9.17) is 0 Å².